The van der Waals surface area contributed by atoms with Crippen LogP contribution in [-0.4, -0.2) is 0 Å². The van der Waals surface area contributed by atoms with E-state index in [1.807, 2.05) is 0 Å². The lowest BCUT2D eigenvalue weighted by atomic mass is 9.80. The van der Waals surface area contributed by atoms with Crippen LogP contribution < -0.4 is 0 Å². The molecule has 244 valence electrons. The van der Waals surface area contributed by atoms with Gasteiger partial charge in [-0.1, -0.05) is 163 Å². The SMILES string of the molecule is CC1(C)c2ccccc2-c2ccc(-c3cc(-c4ccc5ccccc5c4)c4ccc5c(Br)cc(-c6ccc7ccccc7c6)c6ccc3c4c56)cc21. The molecule has 0 N–H and O–H groups in total. The molecule has 0 aromatic heterocycles. The van der Waals surface area contributed by atoms with E-state index in [2.05, 4.69) is 194 Å². The van der Waals surface area contributed by atoms with Crippen LogP contribution in [0.25, 0.3) is 98.4 Å². The van der Waals surface area contributed by atoms with Crippen molar-refractivity contribution in [1.29, 1.82) is 0 Å². The molecule has 0 amide bonds. The number of rotatable bonds is 3. The molecule has 1 aliphatic rings. The molecular formula is C51H33Br. The van der Waals surface area contributed by atoms with Crippen LogP contribution in [0.1, 0.15) is 25.0 Å². The third kappa shape index (κ3) is 4.21. The molecule has 52 heavy (non-hydrogen) atoms. The zero-order chi connectivity index (χ0) is 34.7. The van der Waals surface area contributed by atoms with Crippen molar-refractivity contribution in [3.8, 4) is 44.5 Å². The Morgan fingerprint density at radius 3 is 1.44 bits per heavy atom. The van der Waals surface area contributed by atoms with Crippen LogP contribution in [0.15, 0.2) is 168 Å². The standard InChI is InChI=1S/C51H33Br/c1-51(2)46-14-8-7-13-37(46)38-20-19-36(27-47(38)51)44-28-43(34-17-15-30-9-3-5-11-32(30)25-34)40-23-24-42-48(52)29-45(41-22-21-39(44)49(40)50(41)42)35-18-16-31-10-4-6-12-33(31)26-35/h3-29H,1-2H3. The third-order valence-corrected chi connectivity index (χ3v) is 12.5. The van der Waals surface area contributed by atoms with Crippen molar-refractivity contribution < 1.29 is 0 Å². The first-order valence-corrected chi connectivity index (χ1v) is 18.9. The zero-order valence-corrected chi connectivity index (χ0v) is 30.6. The first-order chi connectivity index (χ1) is 25.4. The van der Waals surface area contributed by atoms with Crippen molar-refractivity contribution in [1.82, 2.24) is 0 Å². The molecule has 0 nitrogen and oxygen atoms in total. The predicted molar refractivity (Wildman–Crippen MR) is 227 cm³/mol. The molecule has 10 aromatic rings. The highest BCUT2D eigenvalue weighted by Crippen LogP contribution is 2.52. The van der Waals surface area contributed by atoms with Gasteiger partial charge in [-0.05, 0) is 140 Å². The summed E-state index contributed by atoms with van der Waals surface area (Å²) < 4.78 is 1.12. The van der Waals surface area contributed by atoms with Crippen LogP contribution >= 0.6 is 15.9 Å². The zero-order valence-electron chi connectivity index (χ0n) is 29.0. The lowest BCUT2D eigenvalue weighted by molar-refractivity contribution is 0.660. The third-order valence-electron chi connectivity index (χ3n) is 11.9. The summed E-state index contributed by atoms with van der Waals surface area (Å²) in [6, 6.07) is 61.4. The van der Waals surface area contributed by atoms with E-state index in [1.165, 1.54) is 109 Å². The Morgan fingerprint density at radius 2 is 0.808 bits per heavy atom. The highest BCUT2D eigenvalue weighted by atomic mass is 79.9. The molecule has 0 aliphatic heterocycles. The molecule has 0 saturated carbocycles. The Hall–Kier alpha value is -5.76. The maximum atomic E-state index is 4.05. The second kappa shape index (κ2) is 10.9. The number of fused-ring (bicyclic) bond motifs is 5. The minimum Gasteiger partial charge on any atom is -0.0619 e. The minimum atomic E-state index is -0.0769. The van der Waals surface area contributed by atoms with Gasteiger partial charge < -0.3 is 0 Å². The predicted octanol–water partition coefficient (Wildman–Crippen LogP) is 15.0. The molecule has 10 aromatic carbocycles. The van der Waals surface area contributed by atoms with E-state index in [0.717, 1.165) is 4.47 Å². The summed E-state index contributed by atoms with van der Waals surface area (Å²) in [6.45, 7) is 4.75. The Morgan fingerprint density at radius 1 is 0.346 bits per heavy atom. The van der Waals surface area contributed by atoms with Crippen molar-refractivity contribution in [2.45, 2.75) is 19.3 Å². The largest absolute Gasteiger partial charge is 0.0619 e. The first kappa shape index (κ1) is 29.9. The molecule has 0 atom stereocenters. The van der Waals surface area contributed by atoms with E-state index in [1.54, 1.807) is 0 Å². The summed E-state index contributed by atoms with van der Waals surface area (Å²) in [5.41, 5.74) is 12.9. The maximum Gasteiger partial charge on any atom is 0.0260 e. The highest BCUT2D eigenvalue weighted by molar-refractivity contribution is 9.10. The van der Waals surface area contributed by atoms with Gasteiger partial charge in [0.15, 0.2) is 0 Å². The summed E-state index contributed by atoms with van der Waals surface area (Å²) in [5, 5.41) is 12.7. The number of hydrogen-bond acceptors (Lipinski definition) is 0. The van der Waals surface area contributed by atoms with Gasteiger partial charge in [-0.3, -0.25) is 0 Å². The van der Waals surface area contributed by atoms with Crippen LogP contribution in [0.2, 0.25) is 0 Å². The van der Waals surface area contributed by atoms with E-state index in [4.69, 9.17) is 0 Å². The van der Waals surface area contributed by atoms with Crippen molar-refractivity contribution >= 4 is 69.8 Å². The summed E-state index contributed by atoms with van der Waals surface area (Å²) >= 11 is 4.05. The number of benzene rings is 10. The van der Waals surface area contributed by atoms with Gasteiger partial charge in [0, 0.05) is 9.89 Å². The molecular weight excluding hydrogens is 692 g/mol. The lowest BCUT2D eigenvalue weighted by Gasteiger charge is -2.23. The van der Waals surface area contributed by atoms with Crippen LogP contribution in [-0.2, 0) is 5.41 Å². The highest BCUT2D eigenvalue weighted by Gasteiger charge is 2.35. The molecule has 0 unspecified atom stereocenters. The fourth-order valence-electron chi connectivity index (χ4n) is 9.25. The smallest absolute Gasteiger partial charge is 0.0260 e. The van der Waals surface area contributed by atoms with Gasteiger partial charge in [0.05, 0.1) is 0 Å². The summed E-state index contributed by atoms with van der Waals surface area (Å²) in [7, 11) is 0. The Bertz CT molecular complexity index is 3110. The monoisotopic (exact) mass is 724 g/mol. The second-order valence-corrected chi connectivity index (χ2v) is 15.9. The van der Waals surface area contributed by atoms with E-state index in [0.29, 0.717) is 0 Å². The van der Waals surface area contributed by atoms with Crippen molar-refractivity contribution in [3.63, 3.8) is 0 Å². The van der Waals surface area contributed by atoms with Crippen molar-refractivity contribution in [2.24, 2.45) is 0 Å². The van der Waals surface area contributed by atoms with Crippen molar-refractivity contribution in [3.05, 3.63) is 179 Å². The topological polar surface area (TPSA) is 0 Å². The van der Waals surface area contributed by atoms with E-state index < -0.39 is 0 Å². The molecule has 0 spiro atoms. The molecule has 0 radical (unpaired) electrons. The Balaban J connectivity index is 1.24. The first-order valence-electron chi connectivity index (χ1n) is 18.1. The Labute approximate surface area is 311 Å². The molecule has 1 aliphatic carbocycles. The van der Waals surface area contributed by atoms with Crippen molar-refractivity contribution in [2.75, 3.05) is 0 Å². The number of halogens is 1. The fourth-order valence-corrected chi connectivity index (χ4v) is 9.81. The normalized spacial score (nSPS) is 13.4. The van der Waals surface area contributed by atoms with Gasteiger partial charge in [-0.15, -0.1) is 0 Å². The van der Waals surface area contributed by atoms with Gasteiger partial charge in [0.2, 0.25) is 0 Å². The molecule has 1 heteroatoms. The van der Waals surface area contributed by atoms with Crippen LogP contribution in [0.5, 0.6) is 0 Å². The minimum absolute atomic E-state index is 0.0769. The van der Waals surface area contributed by atoms with Gasteiger partial charge in [0.1, 0.15) is 0 Å². The summed E-state index contributed by atoms with van der Waals surface area (Å²) in [6.07, 6.45) is 0. The second-order valence-electron chi connectivity index (χ2n) is 15.0. The van der Waals surface area contributed by atoms with Crippen LogP contribution in [0.3, 0.4) is 0 Å². The summed E-state index contributed by atoms with van der Waals surface area (Å²) in [4.78, 5) is 0. The molecule has 0 bridgehead atoms. The van der Waals surface area contributed by atoms with Gasteiger partial charge in [-0.25, -0.2) is 0 Å². The van der Waals surface area contributed by atoms with Crippen LogP contribution in [0, 0.1) is 0 Å². The van der Waals surface area contributed by atoms with Gasteiger partial charge >= 0.3 is 0 Å². The molecule has 0 heterocycles. The average molecular weight is 726 g/mol. The van der Waals surface area contributed by atoms with E-state index >= 15 is 0 Å². The quantitative estimate of drug-likeness (QED) is 0.159. The van der Waals surface area contributed by atoms with Gasteiger partial charge in [-0.2, -0.15) is 0 Å². The van der Waals surface area contributed by atoms with E-state index in [-0.39, 0.29) is 5.41 Å². The van der Waals surface area contributed by atoms with E-state index in [9.17, 15) is 0 Å². The number of hydrogen-bond donors (Lipinski definition) is 0. The van der Waals surface area contributed by atoms with Crippen LogP contribution in [0.4, 0.5) is 0 Å². The van der Waals surface area contributed by atoms with Gasteiger partial charge in [0.25, 0.3) is 0 Å². The summed E-state index contributed by atoms with van der Waals surface area (Å²) in [5.74, 6) is 0. The molecule has 0 fully saturated rings. The molecule has 11 rings (SSSR count). The lowest BCUT2D eigenvalue weighted by Crippen LogP contribution is -2.14. The average Bonchev–Trinajstić information content (AvgIpc) is 3.42. The fraction of sp³-hybridized carbons (Fsp3) is 0.0588. The molecule has 0 saturated heterocycles. The Kier molecular flexibility index (Phi) is 6.26. The maximum absolute atomic E-state index is 4.05.